The number of halogens is 7. The molecule has 0 aromatic carbocycles. The maximum atomic E-state index is 13.6. The van der Waals surface area contributed by atoms with Gasteiger partial charge in [-0.25, -0.2) is 19.7 Å². The second-order valence-corrected chi connectivity index (χ2v) is 10.4. The van der Waals surface area contributed by atoms with E-state index in [0.29, 0.717) is 43.1 Å². The Hall–Kier alpha value is -4.48. The van der Waals surface area contributed by atoms with Crippen LogP contribution in [0.1, 0.15) is 31.2 Å². The van der Waals surface area contributed by atoms with E-state index in [-0.39, 0.29) is 28.5 Å². The number of hydrogen-bond acceptors (Lipinski definition) is 8. The van der Waals surface area contributed by atoms with E-state index in [1.54, 1.807) is 24.1 Å². The second kappa shape index (κ2) is 12.3. The molecule has 0 radical (unpaired) electrons. The van der Waals surface area contributed by atoms with Gasteiger partial charge in [0.2, 0.25) is 5.95 Å². The van der Waals surface area contributed by atoms with Crippen LogP contribution in [0.25, 0.3) is 22.6 Å². The summed E-state index contributed by atoms with van der Waals surface area (Å²) in [6.45, 7) is -1.53. The van der Waals surface area contributed by atoms with Crippen LogP contribution in [-0.4, -0.2) is 70.7 Å². The van der Waals surface area contributed by atoms with Crippen molar-refractivity contribution in [1.29, 1.82) is 0 Å². The van der Waals surface area contributed by atoms with Gasteiger partial charge in [-0.3, -0.25) is 19.7 Å². The summed E-state index contributed by atoms with van der Waals surface area (Å²) in [5, 5.41) is 15.1. The Labute approximate surface area is 250 Å². The first-order valence-electron chi connectivity index (χ1n) is 13.1. The molecule has 1 saturated carbocycles. The highest BCUT2D eigenvalue weighted by Gasteiger charge is 2.38. The highest BCUT2D eigenvalue weighted by atomic mass is 35.5. The Bertz CT molecular complexity index is 1600. The van der Waals surface area contributed by atoms with Gasteiger partial charge >= 0.3 is 18.4 Å². The number of nitrogens with one attached hydrogen (secondary N) is 3. The third kappa shape index (κ3) is 7.17. The van der Waals surface area contributed by atoms with Crippen molar-refractivity contribution in [2.24, 2.45) is 7.05 Å². The molecule has 0 atom stereocenters. The van der Waals surface area contributed by atoms with Crippen molar-refractivity contribution in [3.63, 3.8) is 0 Å². The average Bonchev–Trinajstić information content (AvgIpc) is 3.60. The number of anilines is 2. The maximum absolute atomic E-state index is 13.6. The Morgan fingerprint density at radius 1 is 1.05 bits per heavy atom. The number of aromatic amines is 1. The zero-order valence-corrected chi connectivity index (χ0v) is 23.5. The summed E-state index contributed by atoms with van der Waals surface area (Å²) in [5.41, 5.74) is -0.691. The smallest absolute Gasteiger partial charge is 0.351 e. The van der Waals surface area contributed by atoms with Crippen LogP contribution in [0.2, 0.25) is 5.02 Å². The van der Waals surface area contributed by atoms with Gasteiger partial charge in [0.15, 0.2) is 5.82 Å². The normalized spacial score (nSPS) is 17.4. The summed E-state index contributed by atoms with van der Waals surface area (Å²) in [5.74, 6) is -0.0347. The van der Waals surface area contributed by atoms with E-state index in [0.717, 1.165) is 4.90 Å². The number of nitrogens with zero attached hydrogens (tertiary/aromatic N) is 8. The minimum Gasteiger partial charge on any atom is -0.351 e. The first-order chi connectivity index (χ1) is 20.8. The molecule has 0 saturated heterocycles. The van der Waals surface area contributed by atoms with Crippen molar-refractivity contribution < 1.29 is 31.1 Å². The number of urea groups is 1. The number of carbonyl (C=O) groups excluding carboxylic acids is 1. The number of H-pyrrole nitrogens is 1. The molecule has 4 heterocycles. The van der Waals surface area contributed by atoms with E-state index in [1.807, 2.05) is 5.32 Å². The quantitative estimate of drug-likeness (QED) is 0.233. The summed E-state index contributed by atoms with van der Waals surface area (Å²) in [4.78, 5) is 30.6. The number of hydrogen-bond donors (Lipinski definition) is 3. The van der Waals surface area contributed by atoms with Crippen LogP contribution < -0.4 is 15.5 Å². The lowest BCUT2D eigenvalue weighted by Crippen LogP contribution is -2.50. The maximum Gasteiger partial charge on any atom is 0.420 e. The minimum absolute atomic E-state index is 0.0545. The van der Waals surface area contributed by atoms with Gasteiger partial charge in [-0.1, -0.05) is 11.6 Å². The molecule has 0 bridgehead atoms. The monoisotopic (exact) mass is 643 g/mol. The molecule has 0 unspecified atom stereocenters. The van der Waals surface area contributed by atoms with Crippen molar-refractivity contribution in [3.05, 3.63) is 47.8 Å². The molecule has 19 heteroatoms. The van der Waals surface area contributed by atoms with Crippen LogP contribution in [0.5, 0.6) is 0 Å². The Morgan fingerprint density at radius 3 is 2.36 bits per heavy atom. The number of aromatic nitrogens is 8. The molecule has 0 aliphatic heterocycles. The van der Waals surface area contributed by atoms with Gasteiger partial charge in [0, 0.05) is 43.3 Å². The topological polar surface area (TPSA) is 142 Å². The third-order valence-corrected chi connectivity index (χ3v) is 7.14. The van der Waals surface area contributed by atoms with Crippen molar-refractivity contribution in [1.82, 2.24) is 45.2 Å². The molecule has 4 aromatic rings. The first kappa shape index (κ1) is 31.0. The second-order valence-electron chi connectivity index (χ2n) is 9.99. The Morgan fingerprint density at radius 2 is 1.80 bits per heavy atom. The molecule has 234 valence electrons. The van der Waals surface area contributed by atoms with E-state index < -0.39 is 42.2 Å². The molecular formula is C25H24ClF6N11O. The van der Waals surface area contributed by atoms with Gasteiger partial charge < -0.3 is 10.6 Å². The predicted molar refractivity (Wildman–Crippen MR) is 145 cm³/mol. The van der Waals surface area contributed by atoms with Crippen LogP contribution in [0, 0.1) is 0 Å². The number of alkyl halides is 6. The molecule has 3 N–H and O–H groups in total. The molecule has 1 aliphatic rings. The molecule has 5 rings (SSSR count). The number of carbonyl (C=O) groups is 1. The molecule has 1 fully saturated rings. The van der Waals surface area contributed by atoms with E-state index in [4.69, 9.17) is 11.6 Å². The Balaban J connectivity index is 1.32. The summed E-state index contributed by atoms with van der Waals surface area (Å²) in [6, 6.07) is -1.86. The van der Waals surface area contributed by atoms with E-state index in [9.17, 15) is 31.1 Å². The fourth-order valence-electron chi connectivity index (χ4n) is 4.81. The molecule has 44 heavy (non-hydrogen) atoms. The molecule has 12 nitrogen and oxygen atoms in total. The molecule has 0 spiro atoms. The largest absolute Gasteiger partial charge is 0.420 e. The average molecular weight is 644 g/mol. The van der Waals surface area contributed by atoms with Crippen LogP contribution in [0.4, 0.5) is 42.9 Å². The van der Waals surface area contributed by atoms with Crippen molar-refractivity contribution >= 4 is 29.4 Å². The van der Waals surface area contributed by atoms with Crippen LogP contribution in [0.3, 0.4) is 0 Å². The predicted octanol–water partition coefficient (Wildman–Crippen LogP) is 5.23. The van der Waals surface area contributed by atoms with E-state index in [1.165, 1.54) is 18.6 Å². The van der Waals surface area contributed by atoms with Gasteiger partial charge in [0.25, 0.3) is 0 Å². The minimum atomic E-state index is -4.76. The fraction of sp³-hybridized carbons (Fsp3) is 0.400. The van der Waals surface area contributed by atoms with E-state index in [2.05, 4.69) is 40.5 Å². The van der Waals surface area contributed by atoms with Crippen LogP contribution in [0.15, 0.2) is 37.2 Å². The van der Waals surface area contributed by atoms with Gasteiger partial charge in [0.1, 0.15) is 23.5 Å². The van der Waals surface area contributed by atoms with Crippen molar-refractivity contribution in [2.45, 2.75) is 50.1 Å². The molecule has 4 aromatic heterocycles. The molecular weight excluding hydrogens is 620 g/mol. The number of rotatable bonds is 7. The summed E-state index contributed by atoms with van der Waals surface area (Å²) in [6.07, 6.45) is -0.131. The Kier molecular flexibility index (Phi) is 8.62. The molecule has 1 aliphatic carbocycles. The lowest BCUT2D eigenvalue weighted by atomic mass is 9.90. The van der Waals surface area contributed by atoms with Gasteiger partial charge in [-0.15, -0.1) is 0 Å². The third-order valence-electron chi connectivity index (χ3n) is 6.85. The van der Waals surface area contributed by atoms with Gasteiger partial charge in [0.05, 0.1) is 29.3 Å². The number of amides is 2. The van der Waals surface area contributed by atoms with Crippen molar-refractivity contribution in [2.75, 3.05) is 16.8 Å². The summed E-state index contributed by atoms with van der Waals surface area (Å²) >= 11 is 6.00. The zero-order chi connectivity index (χ0) is 31.6. The standard InChI is InChI=1S/C25H24ClF6N11O/c1-42-11-13(6-38-42)18-9-34-19(10-33-18)43(23(44)36-12-24(27,28)29)15-4-2-14(3-5-15)39-22-35-7-16(25(30,31)32)20(40-22)21-17(26)8-37-41-21/h6-11,14-15H,2-5,12H2,1H3,(H,36,44)(H,37,41)(H,35,39,40)/t14-,15-. The van der Waals surface area contributed by atoms with Crippen molar-refractivity contribution in [3.8, 4) is 22.6 Å². The van der Waals surface area contributed by atoms with Crippen LogP contribution in [-0.2, 0) is 13.2 Å². The summed E-state index contributed by atoms with van der Waals surface area (Å²) < 4.78 is 81.1. The van der Waals surface area contributed by atoms with Crippen LogP contribution >= 0.6 is 11.6 Å². The highest BCUT2D eigenvalue weighted by molar-refractivity contribution is 6.32. The van der Waals surface area contributed by atoms with Gasteiger partial charge in [-0.05, 0) is 25.7 Å². The van der Waals surface area contributed by atoms with Gasteiger partial charge in [-0.2, -0.15) is 36.5 Å². The summed E-state index contributed by atoms with van der Waals surface area (Å²) in [7, 11) is 1.72. The lowest BCUT2D eigenvalue weighted by molar-refractivity contribution is -0.137. The van der Waals surface area contributed by atoms with E-state index >= 15 is 0 Å². The zero-order valence-electron chi connectivity index (χ0n) is 22.8. The SMILES string of the molecule is Cn1cc(-c2cnc(N(C(=O)NCC(F)(F)F)[C@H]3CC[C@H](Nc4ncc(C(F)(F)F)c(-c5n[nH]cc5Cl)n4)CC3)cn2)cn1. The first-order valence-corrected chi connectivity index (χ1v) is 13.5. The highest BCUT2D eigenvalue weighted by Crippen LogP contribution is 2.38. The fourth-order valence-corrected chi connectivity index (χ4v) is 4.99. The number of aryl methyl sites for hydroxylation is 1. The molecule has 2 amide bonds. The lowest BCUT2D eigenvalue weighted by Gasteiger charge is -2.36.